The maximum atomic E-state index is 12.5. The van der Waals surface area contributed by atoms with Gasteiger partial charge in [-0.1, -0.05) is 0 Å². The van der Waals surface area contributed by atoms with Gasteiger partial charge in [0.2, 0.25) is 5.91 Å². The van der Waals surface area contributed by atoms with E-state index in [0.29, 0.717) is 37.2 Å². The second-order valence-corrected chi connectivity index (χ2v) is 7.08. The Morgan fingerprint density at radius 3 is 2.37 bits per heavy atom. The number of amides is 3. The predicted octanol–water partition coefficient (Wildman–Crippen LogP) is 3.46. The quantitative estimate of drug-likeness (QED) is 0.869. The van der Waals surface area contributed by atoms with Crippen LogP contribution in [0.2, 0.25) is 0 Å². The van der Waals surface area contributed by atoms with E-state index in [1.165, 1.54) is 12.1 Å². The fourth-order valence-corrected chi connectivity index (χ4v) is 3.67. The zero-order chi connectivity index (χ0) is 19.4. The standard InChI is InChI=1S/C19H25F2N3O3/c1-13-12-15(27-18(20)21)4-5-16(13)22-19(26)24-10-6-14(7-11-24)17(25)23-8-2-3-9-23/h4-5,12,14,18H,2-3,6-11H2,1H3,(H,22,26). The van der Waals surface area contributed by atoms with E-state index in [0.717, 1.165) is 25.9 Å². The van der Waals surface area contributed by atoms with Crippen LogP contribution in [0, 0.1) is 12.8 Å². The first-order chi connectivity index (χ1) is 12.9. The molecule has 0 aromatic heterocycles. The number of carbonyl (C=O) groups excluding carboxylic acids is 2. The van der Waals surface area contributed by atoms with Crippen molar-refractivity contribution in [1.29, 1.82) is 0 Å². The van der Waals surface area contributed by atoms with Crippen LogP contribution in [-0.2, 0) is 4.79 Å². The summed E-state index contributed by atoms with van der Waals surface area (Å²) in [6.45, 7) is 1.60. The number of nitrogens with zero attached hydrogens (tertiary/aromatic N) is 2. The van der Waals surface area contributed by atoms with Gasteiger partial charge in [0, 0.05) is 37.8 Å². The van der Waals surface area contributed by atoms with Crippen LogP contribution in [0.3, 0.4) is 0 Å². The van der Waals surface area contributed by atoms with Crippen LogP contribution in [0.1, 0.15) is 31.2 Å². The van der Waals surface area contributed by atoms with E-state index in [-0.39, 0.29) is 23.6 Å². The number of nitrogens with one attached hydrogen (secondary N) is 1. The molecule has 148 valence electrons. The van der Waals surface area contributed by atoms with Crippen molar-refractivity contribution in [3.63, 3.8) is 0 Å². The van der Waals surface area contributed by atoms with E-state index in [1.54, 1.807) is 17.9 Å². The third-order valence-corrected chi connectivity index (χ3v) is 5.21. The van der Waals surface area contributed by atoms with E-state index in [4.69, 9.17) is 0 Å². The molecule has 2 heterocycles. The second-order valence-electron chi connectivity index (χ2n) is 7.08. The first-order valence-corrected chi connectivity index (χ1v) is 9.34. The van der Waals surface area contributed by atoms with Gasteiger partial charge in [-0.2, -0.15) is 8.78 Å². The number of ether oxygens (including phenoxy) is 1. The highest BCUT2D eigenvalue weighted by atomic mass is 19.3. The minimum Gasteiger partial charge on any atom is -0.435 e. The predicted molar refractivity (Wildman–Crippen MR) is 96.9 cm³/mol. The second kappa shape index (κ2) is 8.54. The van der Waals surface area contributed by atoms with Gasteiger partial charge < -0.3 is 19.9 Å². The molecule has 0 unspecified atom stereocenters. The molecule has 8 heteroatoms. The minimum absolute atomic E-state index is 0.000310. The van der Waals surface area contributed by atoms with Gasteiger partial charge in [0.1, 0.15) is 5.75 Å². The molecule has 6 nitrogen and oxygen atoms in total. The first kappa shape index (κ1) is 19.4. The molecule has 0 bridgehead atoms. The van der Waals surface area contributed by atoms with Crippen molar-refractivity contribution in [2.24, 2.45) is 5.92 Å². The molecule has 2 saturated heterocycles. The number of hydrogen-bond donors (Lipinski definition) is 1. The van der Waals surface area contributed by atoms with Crippen molar-refractivity contribution in [3.05, 3.63) is 23.8 Å². The summed E-state index contributed by atoms with van der Waals surface area (Å²) in [6, 6.07) is 4.17. The molecule has 2 aliphatic rings. The molecule has 2 aliphatic heterocycles. The molecule has 1 aromatic rings. The first-order valence-electron chi connectivity index (χ1n) is 9.34. The number of piperidine rings is 1. The Hall–Kier alpha value is -2.38. The molecule has 1 N–H and O–H groups in total. The fourth-order valence-electron chi connectivity index (χ4n) is 3.67. The number of benzene rings is 1. The highest BCUT2D eigenvalue weighted by molar-refractivity contribution is 5.90. The van der Waals surface area contributed by atoms with Crippen LogP contribution in [0.15, 0.2) is 18.2 Å². The van der Waals surface area contributed by atoms with Crippen LogP contribution in [0.4, 0.5) is 19.3 Å². The van der Waals surface area contributed by atoms with Gasteiger partial charge in [-0.15, -0.1) is 0 Å². The van der Waals surface area contributed by atoms with E-state index in [2.05, 4.69) is 10.1 Å². The summed E-state index contributed by atoms with van der Waals surface area (Å²) in [6.07, 6.45) is 3.49. The van der Waals surface area contributed by atoms with Crippen molar-refractivity contribution >= 4 is 17.6 Å². The topological polar surface area (TPSA) is 61.9 Å². The van der Waals surface area contributed by atoms with Crippen LogP contribution < -0.4 is 10.1 Å². The lowest BCUT2D eigenvalue weighted by Gasteiger charge is -2.33. The lowest BCUT2D eigenvalue weighted by molar-refractivity contribution is -0.135. The van der Waals surface area contributed by atoms with Gasteiger partial charge in [0.15, 0.2) is 0 Å². The zero-order valence-corrected chi connectivity index (χ0v) is 15.4. The van der Waals surface area contributed by atoms with Crippen LogP contribution in [0.25, 0.3) is 0 Å². The summed E-state index contributed by atoms with van der Waals surface area (Å²) < 4.78 is 28.9. The molecule has 0 spiro atoms. The molecule has 3 amide bonds. The molecule has 1 aromatic carbocycles. The molecular weight excluding hydrogens is 356 g/mol. The average Bonchev–Trinajstić information content (AvgIpc) is 3.17. The molecular formula is C19H25F2N3O3. The normalized spacial score (nSPS) is 18.1. The minimum atomic E-state index is -2.88. The van der Waals surface area contributed by atoms with Crippen molar-refractivity contribution in [1.82, 2.24) is 9.80 Å². The Bertz CT molecular complexity index is 685. The number of aryl methyl sites for hydroxylation is 1. The van der Waals surface area contributed by atoms with Crippen molar-refractivity contribution in [2.45, 2.75) is 39.2 Å². The molecule has 27 heavy (non-hydrogen) atoms. The number of likely N-dealkylation sites (tertiary alicyclic amines) is 2. The van der Waals surface area contributed by atoms with E-state index < -0.39 is 6.61 Å². The Balaban J connectivity index is 1.51. The number of carbonyl (C=O) groups is 2. The van der Waals surface area contributed by atoms with E-state index in [1.807, 2.05) is 4.90 Å². The Labute approximate surface area is 157 Å². The number of hydrogen-bond acceptors (Lipinski definition) is 3. The van der Waals surface area contributed by atoms with Crippen LogP contribution in [-0.4, -0.2) is 54.5 Å². The fraction of sp³-hybridized carbons (Fsp3) is 0.579. The van der Waals surface area contributed by atoms with Crippen molar-refractivity contribution in [3.8, 4) is 5.75 Å². The molecule has 3 rings (SSSR count). The smallest absolute Gasteiger partial charge is 0.387 e. The SMILES string of the molecule is Cc1cc(OC(F)F)ccc1NC(=O)N1CCC(C(=O)N2CCCC2)CC1. The molecule has 0 aliphatic carbocycles. The monoisotopic (exact) mass is 381 g/mol. The molecule has 2 fully saturated rings. The van der Waals surface area contributed by atoms with Gasteiger partial charge in [0.25, 0.3) is 0 Å². The number of alkyl halides is 2. The number of urea groups is 1. The number of rotatable bonds is 4. The van der Waals surface area contributed by atoms with Gasteiger partial charge in [-0.25, -0.2) is 4.79 Å². The molecule has 0 saturated carbocycles. The summed E-state index contributed by atoms with van der Waals surface area (Å²) in [7, 11) is 0. The van der Waals surface area contributed by atoms with Crippen molar-refractivity contribution < 1.29 is 23.1 Å². The van der Waals surface area contributed by atoms with Gasteiger partial charge in [-0.05, 0) is 56.4 Å². The lowest BCUT2D eigenvalue weighted by Crippen LogP contribution is -2.45. The average molecular weight is 381 g/mol. The molecule has 0 atom stereocenters. The van der Waals surface area contributed by atoms with Gasteiger partial charge in [-0.3, -0.25) is 4.79 Å². The highest BCUT2D eigenvalue weighted by Gasteiger charge is 2.31. The maximum Gasteiger partial charge on any atom is 0.387 e. The largest absolute Gasteiger partial charge is 0.435 e. The van der Waals surface area contributed by atoms with E-state index in [9.17, 15) is 18.4 Å². The van der Waals surface area contributed by atoms with Gasteiger partial charge in [0.05, 0.1) is 0 Å². The summed E-state index contributed by atoms with van der Waals surface area (Å²) in [4.78, 5) is 28.6. The third kappa shape index (κ3) is 4.87. The Morgan fingerprint density at radius 2 is 1.78 bits per heavy atom. The van der Waals surface area contributed by atoms with Crippen molar-refractivity contribution in [2.75, 3.05) is 31.5 Å². The lowest BCUT2D eigenvalue weighted by atomic mass is 9.95. The maximum absolute atomic E-state index is 12.5. The van der Waals surface area contributed by atoms with E-state index >= 15 is 0 Å². The highest BCUT2D eigenvalue weighted by Crippen LogP contribution is 2.25. The van der Waals surface area contributed by atoms with Gasteiger partial charge >= 0.3 is 12.6 Å². The van der Waals surface area contributed by atoms with Crippen LogP contribution >= 0.6 is 0 Å². The number of anilines is 1. The Kier molecular flexibility index (Phi) is 6.13. The number of halogens is 2. The zero-order valence-electron chi connectivity index (χ0n) is 15.4. The Morgan fingerprint density at radius 1 is 1.11 bits per heavy atom. The van der Waals surface area contributed by atoms with Crippen LogP contribution in [0.5, 0.6) is 5.75 Å². The molecule has 0 radical (unpaired) electrons. The summed E-state index contributed by atoms with van der Waals surface area (Å²) in [5.74, 6) is 0.277. The third-order valence-electron chi connectivity index (χ3n) is 5.21. The summed E-state index contributed by atoms with van der Waals surface area (Å²) >= 11 is 0. The summed E-state index contributed by atoms with van der Waals surface area (Å²) in [5, 5.41) is 2.81. The summed E-state index contributed by atoms with van der Waals surface area (Å²) in [5.41, 5.74) is 1.19.